The number of nitrogens with two attached hydrogens (primary N) is 1. The number of anilines is 1. The largest absolute Gasteiger partial charge is 0.505 e. The molecule has 1 aliphatic rings. The maximum Gasteiger partial charge on any atom is 0.251 e. The van der Waals surface area contributed by atoms with Crippen molar-refractivity contribution in [1.29, 1.82) is 0 Å². The second-order valence-electron chi connectivity index (χ2n) is 5.98. The quantitative estimate of drug-likeness (QED) is 0.694. The minimum atomic E-state index is -1.87. The summed E-state index contributed by atoms with van der Waals surface area (Å²) >= 11 is 0. The fourth-order valence-corrected chi connectivity index (χ4v) is 2.92. The molecule has 0 atom stereocenters. The number of hydrogen-bond donors (Lipinski definition) is 2. The molecule has 0 saturated heterocycles. The predicted molar refractivity (Wildman–Crippen MR) is 92.6 cm³/mol. The molecule has 0 spiro atoms. The van der Waals surface area contributed by atoms with Gasteiger partial charge in [-0.05, 0) is 40.3 Å². The first-order valence-electron chi connectivity index (χ1n) is 7.96. The maximum atomic E-state index is 14.5. The summed E-state index contributed by atoms with van der Waals surface area (Å²) in [5.74, 6) is -3.68. The van der Waals surface area contributed by atoms with Crippen LogP contribution in [0.2, 0.25) is 0 Å². The Morgan fingerprint density at radius 2 is 1.61 bits per heavy atom. The summed E-state index contributed by atoms with van der Waals surface area (Å²) in [5.41, 5.74) is 4.69. The van der Waals surface area contributed by atoms with Crippen LogP contribution in [-0.4, -0.2) is 10.1 Å². The summed E-state index contributed by atoms with van der Waals surface area (Å²) in [7, 11) is 0. The Kier molecular flexibility index (Phi) is 4.03. The lowest BCUT2D eigenvalue weighted by Gasteiger charge is -2.23. The van der Waals surface area contributed by atoms with E-state index in [1.54, 1.807) is 0 Å². The van der Waals surface area contributed by atoms with Gasteiger partial charge in [-0.25, -0.2) is 18.2 Å². The number of hydrogen-bond acceptors (Lipinski definition) is 7. The number of benzene rings is 2. The van der Waals surface area contributed by atoms with Gasteiger partial charge in [-0.1, -0.05) is 18.2 Å². The molecule has 1 aliphatic heterocycles. The lowest BCUT2D eigenvalue weighted by molar-refractivity contribution is 0.432. The Morgan fingerprint density at radius 1 is 0.857 bits per heavy atom. The third kappa shape index (κ3) is 2.66. The first kappa shape index (κ1) is 17.6. The molecule has 10 heteroatoms. The molecule has 28 heavy (non-hydrogen) atoms. The van der Waals surface area contributed by atoms with Crippen LogP contribution in [0, 0.1) is 17.5 Å². The van der Waals surface area contributed by atoms with E-state index in [2.05, 4.69) is 25.7 Å². The number of pyridine rings is 1. The number of rotatable bonds is 3. The van der Waals surface area contributed by atoms with Crippen molar-refractivity contribution in [3.8, 4) is 16.9 Å². The number of phenols is 1. The highest BCUT2D eigenvalue weighted by molar-refractivity contribution is 5.67. The Bertz CT molecular complexity index is 1140. The van der Waals surface area contributed by atoms with Crippen LogP contribution < -0.4 is 5.73 Å². The van der Waals surface area contributed by atoms with Gasteiger partial charge in [0.25, 0.3) is 5.66 Å². The highest BCUT2D eigenvalue weighted by Crippen LogP contribution is 2.43. The lowest BCUT2D eigenvalue weighted by atomic mass is 9.90. The minimum absolute atomic E-state index is 0.0635. The third-order valence-electron chi connectivity index (χ3n) is 4.32. The summed E-state index contributed by atoms with van der Waals surface area (Å²) < 4.78 is 42.1. The first-order chi connectivity index (χ1) is 13.4. The second kappa shape index (κ2) is 6.41. The molecule has 0 amide bonds. The van der Waals surface area contributed by atoms with Crippen molar-refractivity contribution in [3.63, 3.8) is 0 Å². The summed E-state index contributed by atoms with van der Waals surface area (Å²) in [5, 5.41) is 24.0. The van der Waals surface area contributed by atoms with Gasteiger partial charge in [0.1, 0.15) is 5.82 Å². The van der Waals surface area contributed by atoms with E-state index in [4.69, 9.17) is 5.73 Å². The topological polar surface area (TPSA) is 109 Å². The molecule has 3 N–H and O–H groups in total. The summed E-state index contributed by atoms with van der Waals surface area (Å²) in [6, 6.07) is 8.73. The fraction of sp³-hybridized carbons (Fsp3) is 0.0556. The zero-order valence-electron chi connectivity index (χ0n) is 14.0. The zero-order chi connectivity index (χ0) is 19.9. The first-order valence-corrected chi connectivity index (χ1v) is 7.96. The van der Waals surface area contributed by atoms with Gasteiger partial charge in [-0.2, -0.15) is 0 Å². The normalized spacial score (nSPS) is 14.5. The Balaban J connectivity index is 1.94. The van der Waals surface area contributed by atoms with Crippen LogP contribution in [0.15, 0.2) is 69.3 Å². The van der Waals surface area contributed by atoms with E-state index in [0.29, 0.717) is 11.1 Å². The molecule has 4 rings (SSSR count). The highest BCUT2D eigenvalue weighted by Gasteiger charge is 2.43. The van der Waals surface area contributed by atoms with Gasteiger partial charge in [-0.15, -0.1) is 10.2 Å². The molecular formula is C18H11F3N6O. The molecule has 0 fully saturated rings. The zero-order valence-corrected chi connectivity index (χ0v) is 14.0. The molecule has 0 unspecified atom stereocenters. The minimum Gasteiger partial charge on any atom is -0.505 e. The third-order valence-corrected chi connectivity index (χ3v) is 4.32. The molecule has 0 radical (unpaired) electrons. The van der Waals surface area contributed by atoms with E-state index in [1.165, 1.54) is 36.5 Å². The lowest BCUT2D eigenvalue weighted by Crippen LogP contribution is -2.24. The average Bonchev–Trinajstić information content (AvgIpc) is 3.17. The van der Waals surface area contributed by atoms with Gasteiger partial charge < -0.3 is 10.8 Å². The van der Waals surface area contributed by atoms with Crippen LogP contribution in [0.1, 0.15) is 11.1 Å². The monoisotopic (exact) mass is 384 g/mol. The molecular weight excluding hydrogens is 373 g/mol. The Morgan fingerprint density at radius 3 is 2.32 bits per heavy atom. The van der Waals surface area contributed by atoms with Crippen LogP contribution in [0.3, 0.4) is 0 Å². The van der Waals surface area contributed by atoms with Crippen LogP contribution in [0.5, 0.6) is 5.75 Å². The molecule has 1 aromatic heterocycles. The SMILES string of the molecule is Nc1ncc(-c2ccc(O)c(F)c2)cc1C1(c2cccc(F)c2F)N=NN=N1. The Hall–Kier alpha value is -3.82. The summed E-state index contributed by atoms with van der Waals surface area (Å²) in [6.45, 7) is 0. The molecule has 3 aromatic rings. The predicted octanol–water partition coefficient (Wildman–Crippen LogP) is 4.49. The Labute approximate surface area is 156 Å². The number of aromatic nitrogens is 1. The van der Waals surface area contributed by atoms with Crippen molar-refractivity contribution >= 4 is 5.82 Å². The van der Waals surface area contributed by atoms with Crippen LogP contribution in [0.4, 0.5) is 19.0 Å². The standard InChI is InChI=1S/C18H11F3N6O/c19-13-3-1-2-11(16(13)21)18(24-26-27-25-18)12-6-10(8-23-17(12)22)9-4-5-15(28)14(20)7-9/h1-8,28H,(H2,22,23). The van der Waals surface area contributed by atoms with Crippen molar-refractivity contribution < 1.29 is 18.3 Å². The van der Waals surface area contributed by atoms with Gasteiger partial charge in [-0.3, -0.25) is 0 Å². The summed E-state index contributed by atoms with van der Waals surface area (Å²) in [4.78, 5) is 4.05. The van der Waals surface area contributed by atoms with Gasteiger partial charge in [0.15, 0.2) is 23.2 Å². The maximum absolute atomic E-state index is 14.5. The van der Waals surface area contributed by atoms with Crippen LogP contribution >= 0.6 is 0 Å². The van der Waals surface area contributed by atoms with E-state index in [0.717, 1.165) is 12.1 Å². The fourth-order valence-electron chi connectivity index (χ4n) is 2.92. The molecule has 2 aromatic carbocycles. The number of halogens is 3. The number of nitrogens with zero attached hydrogens (tertiary/aromatic N) is 5. The van der Waals surface area contributed by atoms with Crippen molar-refractivity contribution in [2.24, 2.45) is 20.7 Å². The van der Waals surface area contributed by atoms with E-state index < -0.39 is 28.9 Å². The molecule has 0 aliphatic carbocycles. The van der Waals surface area contributed by atoms with Crippen LogP contribution in [-0.2, 0) is 5.66 Å². The number of phenolic OH excluding ortho intramolecular Hbond substituents is 1. The van der Waals surface area contributed by atoms with Gasteiger partial charge in [0, 0.05) is 17.3 Å². The summed E-state index contributed by atoms with van der Waals surface area (Å²) in [6.07, 6.45) is 1.36. The molecule has 2 heterocycles. The second-order valence-corrected chi connectivity index (χ2v) is 5.98. The highest BCUT2D eigenvalue weighted by atomic mass is 19.2. The van der Waals surface area contributed by atoms with E-state index >= 15 is 0 Å². The average molecular weight is 384 g/mol. The van der Waals surface area contributed by atoms with E-state index in [9.17, 15) is 18.3 Å². The van der Waals surface area contributed by atoms with E-state index in [1.807, 2.05) is 0 Å². The van der Waals surface area contributed by atoms with E-state index in [-0.39, 0.29) is 16.9 Å². The smallest absolute Gasteiger partial charge is 0.251 e. The molecule has 0 saturated carbocycles. The number of aromatic hydroxyl groups is 1. The van der Waals surface area contributed by atoms with Crippen molar-refractivity contribution in [1.82, 2.24) is 4.98 Å². The molecule has 7 nitrogen and oxygen atoms in total. The van der Waals surface area contributed by atoms with Crippen molar-refractivity contribution in [2.45, 2.75) is 5.66 Å². The van der Waals surface area contributed by atoms with Crippen molar-refractivity contribution in [2.75, 3.05) is 5.73 Å². The van der Waals surface area contributed by atoms with Gasteiger partial charge in [0.2, 0.25) is 0 Å². The van der Waals surface area contributed by atoms with Gasteiger partial charge in [0.05, 0.1) is 5.56 Å². The molecule has 0 bridgehead atoms. The van der Waals surface area contributed by atoms with Gasteiger partial charge >= 0.3 is 0 Å². The molecule has 140 valence electrons. The number of nitrogen functional groups attached to an aromatic ring is 1. The van der Waals surface area contributed by atoms with Crippen LogP contribution in [0.25, 0.3) is 11.1 Å². The van der Waals surface area contributed by atoms with Crippen molar-refractivity contribution in [3.05, 3.63) is 77.2 Å².